The monoisotopic (exact) mass is 289 g/mol. The molecule has 0 bridgehead atoms. The summed E-state index contributed by atoms with van der Waals surface area (Å²) in [5, 5.41) is 30.7. The second-order valence-electron chi connectivity index (χ2n) is 3.77. The van der Waals surface area contributed by atoms with Crippen LogP contribution in [0.4, 0.5) is 13.2 Å². The maximum Gasteiger partial charge on any atom is 0.420 e. The molecule has 3 N–H and O–H groups in total. The lowest BCUT2D eigenvalue weighted by molar-refractivity contribution is -0.138. The average molecular weight is 289 g/mol. The molecule has 1 aromatic heterocycles. The van der Waals surface area contributed by atoms with E-state index in [1.54, 1.807) is 0 Å². The number of aromatic carboxylic acids is 1. The molecule has 1 aromatic carbocycles. The van der Waals surface area contributed by atoms with Crippen LogP contribution in [-0.2, 0) is 6.18 Å². The molecule has 2 aromatic rings. The van der Waals surface area contributed by atoms with Crippen molar-refractivity contribution in [2.75, 3.05) is 0 Å². The highest BCUT2D eigenvalue weighted by Crippen LogP contribution is 2.43. The van der Waals surface area contributed by atoms with Gasteiger partial charge in [0.15, 0.2) is 0 Å². The summed E-state index contributed by atoms with van der Waals surface area (Å²) in [6.07, 6.45) is -4.89. The summed E-state index contributed by atoms with van der Waals surface area (Å²) < 4.78 is 42.3. The molecule has 106 valence electrons. The van der Waals surface area contributed by atoms with Crippen LogP contribution in [-0.4, -0.2) is 26.4 Å². The van der Waals surface area contributed by atoms with Crippen LogP contribution in [0.2, 0.25) is 0 Å². The van der Waals surface area contributed by atoms with Crippen LogP contribution in [0.5, 0.6) is 11.5 Å². The number of aromatic nitrogens is 1. The van der Waals surface area contributed by atoms with E-state index in [0.717, 1.165) is 12.1 Å². The van der Waals surface area contributed by atoms with Gasteiger partial charge in [-0.1, -0.05) is 5.16 Å². The van der Waals surface area contributed by atoms with Crippen LogP contribution in [0.15, 0.2) is 22.7 Å². The van der Waals surface area contributed by atoms with E-state index in [9.17, 15) is 28.2 Å². The van der Waals surface area contributed by atoms with E-state index in [1.807, 2.05) is 0 Å². The standard InChI is InChI=1S/C11H6F3NO5/c12-11(13,14)6-2-4(16)1-5(9(6)17)7-3-8(10(18)19)20-15-7/h1-3,16-17H,(H,18,19). The molecule has 0 aliphatic rings. The number of carbonyl (C=O) groups is 1. The summed E-state index contributed by atoms with van der Waals surface area (Å²) in [7, 11) is 0. The number of phenols is 2. The van der Waals surface area contributed by atoms with Crippen molar-refractivity contribution in [1.82, 2.24) is 5.16 Å². The van der Waals surface area contributed by atoms with Crippen molar-refractivity contribution in [2.24, 2.45) is 0 Å². The minimum absolute atomic E-state index is 0.344. The Hall–Kier alpha value is -2.71. The Bertz CT molecular complexity index is 677. The summed E-state index contributed by atoms with van der Waals surface area (Å²) >= 11 is 0. The zero-order valence-corrected chi connectivity index (χ0v) is 9.47. The average Bonchev–Trinajstić information content (AvgIpc) is 2.79. The predicted octanol–water partition coefficient (Wildman–Crippen LogP) is 2.47. The zero-order valence-electron chi connectivity index (χ0n) is 9.47. The number of hydrogen-bond donors (Lipinski definition) is 3. The maximum atomic E-state index is 12.6. The molecular formula is C11H6F3NO5. The molecule has 0 amide bonds. The van der Waals surface area contributed by atoms with Crippen LogP contribution in [0.1, 0.15) is 16.1 Å². The van der Waals surface area contributed by atoms with Gasteiger partial charge in [0.05, 0.1) is 0 Å². The van der Waals surface area contributed by atoms with Crippen LogP contribution in [0.3, 0.4) is 0 Å². The van der Waals surface area contributed by atoms with E-state index in [1.165, 1.54) is 0 Å². The summed E-state index contributed by atoms with van der Waals surface area (Å²) in [5.74, 6) is -4.03. The third-order valence-corrected chi connectivity index (χ3v) is 2.40. The van der Waals surface area contributed by atoms with Gasteiger partial charge in [0.1, 0.15) is 22.8 Å². The van der Waals surface area contributed by atoms with Gasteiger partial charge in [-0.05, 0) is 12.1 Å². The second-order valence-corrected chi connectivity index (χ2v) is 3.77. The highest BCUT2D eigenvalue weighted by atomic mass is 19.4. The zero-order chi connectivity index (χ0) is 15.1. The Balaban J connectivity index is 2.62. The van der Waals surface area contributed by atoms with E-state index >= 15 is 0 Å². The second kappa shape index (κ2) is 4.44. The molecule has 9 heteroatoms. The third-order valence-electron chi connectivity index (χ3n) is 2.40. The fourth-order valence-electron chi connectivity index (χ4n) is 1.53. The third kappa shape index (κ3) is 2.37. The van der Waals surface area contributed by atoms with Gasteiger partial charge < -0.3 is 19.8 Å². The summed E-state index contributed by atoms with van der Waals surface area (Å²) in [5.41, 5.74) is -2.30. The van der Waals surface area contributed by atoms with Crippen LogP contribution < -0.4 is 0 Å². The first-order valence-electron chi connectivity index (χ1n) is 5.03. The number of alkyl halides is 3. The molecule has 0 spiro atoms. The van der Waals surface area contributed by atoms with Gasteiger partial charge in [-0.25, -0.2) is 4.79 Å². The van der Waals surface area contributed by atoms with Crippen LogP contribution in [0, 0.1) is 0 Å². The largest absolute Gasteiger partial charge is 0.508 e. The van der Waals surface area contributed by atoms with E-state index < -0.39 is 40.5 Å². The molecule has 0 saturated heterocycles. The van der Waals surface area contributed by atoms with Crippen molar-refractivity contribution in [3.05, 3.63) is 29.5 Å². The van der Waals surface area contributed by atoms with E-state index in [4.69, 9.17) is 5.11 Å². The number of carboxylic acid groups (broad SMARTS) is 1. The molecule has 0 fully saturated rings. The first kappa shape index (κ1) is 13.7. The number of benzene rings is 1. The molecule has 6 nitrogen and oxygen atoms in total. The predicted molar refractivity (Wildman–Crippen MR) is 57.2 cm³/mol. The lowest BCUT2D eigenvalue weighted by Gasteiger charge is -2.11. The molecule has 0 radical (unpaired) electrons. The number of nitrogens with zero attached hydrogens (tertiary/aromatic N) is 1. The number of aromatic hydroxyl groups is 2. The topological polar surface area (TPSA) is 104 Å². The highest BCUT2D eigenvalue weighted by Gasteiger charge is 2.36. The molecule has 0 aliphatic heterocycles. The molecule has 1 heterocycles. The molecule has 0 unspecified atom stereocenters. The van der Waals surface area contributed by atoms with Crippen LogP contribution in [0.25, 0.3) is 11.3 Å². The molecule has 0 atom stereocenters. The van der Waals surface area contributed by atoms with Crippen molar-refractivity contribution in [1.29, 1.82) is 0 Å². The Kier molecular flexibility index (Phi) is 3.04. The number of phenolic OH excluding ortho intramolecular Hbond substituents is 2. The van der Waals surface area contributed by atoms with E-state index in [0.29, 0.717) is 6.07 Å². The van der Waals surface area contributed by atoms with Crippen molar-refractivity contribution in [2.45, 2.75) is 6.18 Å². The number of rotatable bonds is 2. The van der Waals surface area contributed by atoms with Crippen molar-refractivity contribution in [3.8, 4) is 22.8 Å². The fraction of sp³-hybridized carbons (Fsp3) is 0.0909. The molecule has 0 saturated carbocycles. The van der Waals surface area contributed by atoms with Crippen molar-refractivity contribution in [3.63, 3.8) is 0 Å². The van der Waals surface area contributed by atoms with Gasteiger partial charge in [0.25, 0.3) is 0 Å². The SMILES string of the molecule is O=C(O)c1cc(-c2cc(O)cc(C(F)(F)F)c2O)no1. The maximum absolute atomic E-state index is 12.6. The normalized spacial score (nSPS) is 11.6. The minimum atomic E-state index is -4.89. The Morgan fingerprint density at radius 1 is 1.20 bits per heavy atom. The van der Waals surface area contributed by atoms with Gasteiger partial charge in [-0.15, -0.1) is 0 Å². The van der Waals surface area contributed by atoms with Crippen LogP contribution >= 0.6 is 0 Å². The minimum Gasteiger partial charge on any atom is -0.508 e. The van der Waals surface area contributed by atoms with E-state index in [-0.39, 0.29) is 5.69 Å². The van der Waals surface area contributed by atoms with Gasteiger partial charge in [-0.2, -0.15) is 13.2 Å². The lowest BCUT2D eigenvalue weighted by Crippen LogP contribution is -2.05. The lowest BCUT2D eigenvalue weighted by atomic mass is 10.0. The molecular weight excluding hydrogens is 283 g/mol. The first-order chi connectivity index (χ1) is 9.20. The molecule has 20 heavy (non-hydrogen) atoms. The summed E-state index contributed by atoms with van der Waals surface area (Å²) in [4.78, 5) is 10.6. The smallest absolute Gasteiger partial charge is 0.420 e. The quantitative estimate of drug-likeness (QED) is 0.734. The van der Waals surface area contributed by atoms with Gasteiger partial charge in [0.2, 0.25) is 5.76 Å². The Labute approximate surface area is 108 Å². The molecule has 2 rings (SSSR count). The number of carboxylic acids is 1. The van der Waals surface area contributed by atoms with Gasteiger partial charge >= 0.3 is 12.1 Å². The summed E-state index contributed by atoms with van der Waals surface area (Å²) in [6, 6.07) is 1.99. The van der Waals surface area contributed by atoms with E-state index in [2.05, 4.69) is 9.68 Å². The fourth-order valence-corrected chi connectivity index (χ4v) is 1.53. The van der Waals surface area contributed by atoms with Crippen molar-refractivity contribution >= 4 is 5.97 Å². The Morgan fingerprint density at radius 2 is 1.85 bits per heavy atom. The summed E-state index contributed by atoms with van der Waals surface area (Å²) in [6.45, 7) is 0. The molecule has 0 aliphatic carbocycles. The van der Waals surface area contributed by atoms with Crippen molar-refractivity contribution < 1.29 is 37.8 Å². The van der Waals surface area contributed by atoms with Gasteiger partial charge in [-0.3, -0.25) is 0 Å². The Morgan fingerprint density at radius 3 is 2.35 bits per heavy atom. The highest BCUT2D eigenvalue weighted by molar-refractivity contribution is 5.86. The first-order valence-corrected chi connectivity index (χ1v) is 5.03. The number of hydrogen-bond acceptors (Lipinski definition) is 5. The number of halogens is 3. The van der Waals surface area contributed by atoms with Gasteiger partial charge in [0, 0.05) is 11.6 Å².